The lowest BCUT2D eigenvalue weighted by Crippen LogP contribution is -2.49. The molecule has 0 saturated carbocycles. The molecule has 0 aliphatic carbocycles. The van der Waals surface area contributed by atoms with Gasteiger partial charge in [-0.05, 0) is 35.9 Å². The number of hydrogen-bond donors (Lipinski definition) is 0. The molecule has 9 heteroatoms. The molecule has 1 aliphatic rings. The molecule has 0 bridgehead atoms. The van der Waals surface area contributed by atoms with Crippen molar-refractivity contribution in [2.45, 2.75) is 12.7 Å². The van der Waals surface area contributed by atoms with Gasteiger partial charge in [-0.25, -0.2) is 4.39 Å². The molecule has 5 rings (SSSR count). The van der Waals surface area contributed by atoms with Crippen LogP contribution in [0.15, 0.2) is 71.3 Å². The number of furan rings is 1. The van der Waals surface area contributed by atoms with Crippen LogP contribution in [0.1, 0.15) is 21.6 Å². The highest BCUT2D eigenvalue weighted by Crippen LogP contribution is 2.32. The number of halogens is 4. The van der Waals surface area contributed by atoms with Crippen LogP contribution >= 0.6 is 0 Å². The second-order valence-corrected chi connectivity index (χ2v) is 8.24. The van der Waals surface area contributed by atoms with Crippen molar-refractivity contribution < 1.29 is 26.8 Å². The number of hydrogen-bond acceptors (Lipinski definition) is 3. The number of nitrogens with zero attached hydrogens (tertiary/aromatic N) is 3. The maximum Gasteiger partial charge on any atom is 0.416 e. The van der Waals surface area contributed by atoms with Crippen LogP contribution in [0, 0.1) is 5.82 Å². The Balaban J connectivity index is 1.34. The van der Waals surface area contributed by atoms with Gasteiger partial charge in [0.2, 0.25) is 0 Å². The molecule has 1 amide bonds. The first-order valence-electron chi connectivity index (χ1n) is 10.8. The quantitative estimate of drug-likeness (QED) is 0.374. The fourth-order valence-electron chi connectivity index (χ4n) is 4.31. The van der Waals surface area contributed by atoms with Crippen LogP contribution in [0.25, 0.3) is 11.1 Å². The summed E-state index contributed by atoms with van der Waals surface area (Å²) in [6.45, 7) is 1.95. The van der Waals surface area contributed by atoms with E-state index in [4.69, 9.17) is 4.42 Å². The average molecular weight is 471 g/mol. The van der Waals surface area contributed by atoms with Gasteiger partial charge in [-0.1, -0.05) is 18.2 Å². The number of rotatable bonds is 4. The molecule has 0 radical (unpaired) electrons. The minimum Gasteiger partial charge on any atom is -0.463 e. The molecule has 0 N–H and O–H groups in total. The van der Waals surface area contributed by atoms with Gasteiger partial charge in [0.15, 0.2) is 5.58 Å². The molecule has 2 aromatic carbocycles. The third kappa shape index (κ3) is 4.25. The first-order valence-corrected chi connectivity index (χ1v) is 10.8. The van der Waals surface area contributed by atoms with E-state index in [1.165, 1.54) is 18.2 Å². The molecule has 34 heavy (non-hydrogen) atoms. The first-order chi connectivity index (χ1) is 16.3. The van der Waals surface area contributed by atoms with E-state index in [9.17, 15) is 22.4 Å². The van der Waals surface area contributed by atoms with Crippen molar-refractivity contribution in [2.24, 2.45) is 0 Å². The Hall–Kier alpha value is -3.75. The molecule has 0 atom stereocenters. The Morgan fingerprint density at radius 2 is 1.68 bits per heavy atom. The number of carbonyl (C=O) groups is 1. The normalized spacial score (nSPS) is 14.7. The Bertz CT molecular complexity index is 1320. The van der Waals surface area contributed by atoms with Crippen LogP contribution in [0.2, 0.25) is 0 Å². The van der Waals surface area contributed by atoms with E-state index in [-0.39, 0.29) is 11.7 Å². The molecule has 2 aromatic heterocycles. The second-order valence-electron chi connectivity index (χ2n) is 8.24. The van der Waals surface area contributed by atoms with E-state index >= 15 is 0 Å². The number of carbonyl (C=O) groups excluding carboxylic acids is 1. The topological polar surface area (TPSA) is 41.6 Å². The van der Waals surface area contributed by atoms with Gasteiger partial charge in [-0.2, -0.15) is 13.2 Å². The molecule has 0 unspecified atom stereocenters. The van der Waals surface area contributed by atoms with Gasteiger partial charge in [0, 0.05) is 50.5 Å². The summed E-state index contributed by atoms with van der Waals surface area (Å²) in [5, 5.41) is 0. The number of fused-ring (bicyclic) bond motifs is 1. The van der Waals surface area contributed by atoms with Gasteiger partial charge in [0.1, 0.15) is 11.5 Å². The maximum absolute atomic E-state index is 13.4. The maximum atomic E-state index is 13.4. The zero-order valence-corrected chi connectivity index (χ0v) is 18.1. The minimum absolute atomic E-state index is 0.183. The highest BCUT2D eigenvalue weighted by Gasteiger charge is 2.31. The SMILES string of the molecule is O=C(c1cc2occc2n1Cc1ccc(F)cc1)N1CCN(c2cccc(C(F)(F)F)c2)CC1. The lowest BCUT2D eigenvalue weighted by molar-refractivity contribution is -0.137. The monoisotopic (exact) mass is 471 g/mol. The average Bonchev–Trinajstić information content (AvgIpc) is 3.42. The smallest absolute Gasteiger partial charge is 0.416 e. The number of piperazine rings is 1. The van der Waals surface area contributed by atoms with Crippen LogP contribution in [0.3, 0.4) is 0 Å². The van der Waals surface area contributed by atoms with Gasteiger partial charge in [0.05, 0.1) is 17.3 Å². The molecule has 5 nitrogen and oxygen atoms in total. The molecule has 1 aliphatic heterocycles. The lowest BCUT2D eigenvalue weighted by atomic mass is 10.1. The number of aromatic nitrogens is 1. The van der Waals surface area contributed by atoms with Gasteiger partial charge < -0.3 is 18.8 Å². The van der Waals surface area contributed by atoms with Crippen molar-refractivity contribution in [3.63, 3.8) is 0 Å². The van der Waals surface area contributed by atoms with Gasteiger partial charge in [0.25, 0.3) is 5.91 Å². The highest BCUT2D eigenvalue weighted by molar-refractivity contribution is 5.97. The van der Waals surface area contributed by atoms with Crippen molar-refractivity contribution in [1.82, 2.24) is 9.47 Å². The van der Waals surface area contributed by atoms with E-state index in [2.05, 4.69) is 0 Å². The van der Waals surface area contributed by atoms with Crippen LogP contribution in [-0.2, 0) is 12.7 Å². The summed E-state index contributed by atoms with van der Waals surface area (Å²) in [6.07, 6.45) is -2.85. The number of benzene rings is 2. The summed E-state index contributed by atoms with van der Waals surface area (Å²) in [5.74, 6) is -0.517. The molecular weight excluding hydrogens is 450 g/mol. The molecule has 0 spiro atoms. The second kappa shape index (κ2) is 8.55. The van der Waals surface area contributed by atoms with Gasteiger partial charge in [-0.15, -0.1) is 0 Å². The molecular formula is C25H21F4N3O2. The third-order valence-corrected chi connectivity index (χ3v) is 6.10. The summed E-state index contributed by atoms with van der Waals surface area (Å²) in [7, 11) is 0. The van der Waals surface area contributed by atoms with Crippen molar-refractivity contribution in [3.8, 4) is 0 Å². The summed E-state index contributed by atoms with van der Waals surface area (Å²) in [6, 6.07) is 14.8. The van der Waals surface area contributed by atoms with Crippen LogP contribution in [-0.4, -0.2) is 41.6 Å². The zero-order chi connectivity index (χ0) is 23.9. The van der Waals surface area contributed by atoms with Crippen molar-refractivity contribution in [3.05, 3.63) is 89.6 Å². The fourth-order valence-corrected chi connectivity index (χ4v) is 4.31. The molecule has 176 valence electrons. The van der Waals surface area contributed by atoms with Crippen molar-refractivity contribution in [1.29, 1.82) is 0 Å². The minimum atomic E-state index is -4.40. The standard InChI is InChI=1S/C25H21F4N3O2/c26-19-6-4-17(5-7-19)16-32-21-8-13-34-23(21)15-22(32)24(33)31-11-9-30(10-12-31)20-3-1-2-18(14-20)25(27,28)29/h1-8,13-15H,9-12,16H2. The number of anilines is 1. The Kier molecular flexibility index (Phi) is 5.55. The predicted molar refractivity (Wildman–Crippen MR) is 119 cm³/mol. The van der Waals surface area contributed by atoms with Crippen LogP contribution in [0.5, 0.6) is 0 Å². The number of amides is 1. The predicted octanol–water partition coefficient (Wildman–Crippen LogP) is 5.40. The summed E-state index contributed by atoms with van der Waals surface area (Å²) >= 11 is 0. The van der Waals surface area contributed by atoms with E-state index in [0.717, 1.165) is 23.2 Å². The Morgan fingerprint density at radius 3 is 2.38 bits per heavy atom. The van der Waals surface area contributed by atoms with Gasteiger partial charge in [-0.3, -0.25) is 4.79 Å². The molecule has 1 saturated heterocycles. The van der Waals surface area contributed by atoms with Crippen LogP contribution < -0.4 is 4.90 Å². The van der Waals surface area contributed by atoms with Crippen molar-refractivity contribution >= 4 is 22.7 Å². The van der Waals surface area contributed by atoms with E-state index < -0.39 is 11.7 Å². The van der Waals surface area contributed by atoms with Crippen molar-refractivity contribution in [2.75, 3.05) is 31.1 Å². The summed E-state index contributed by atoms with van der Waals surface area (Å²) < 4.78 is 59.8. The van der Waals surface area contributed by atoms with E-state index in [1.807, 2.05) is 9.47 Å². The molecule has 4 aromatic rings. The molecule has 3 heterocycles. The Morgan fingerprint density at radius 1 is 0.941 bits per heavy atom. The fraction of sp³-hybridized carbons (Fsp3) is 0.240. The molecule has 1 fully saturated rings. The largest absolute Gasteiger partial charge is 0.463 e. The highest BCUT2D eigenvalue weighted by atomic mass is 19.4. The third-order valence-electron chi connectivity index (χ3n) is 6.10. The Labute approximate surface area is 192 Å². The van der Waals surface area contributed by atoms with E-state index in [0.29, 0.717) is 49.7 Å². The number of alkyl halides is 3. The lowest BCUT2D eigenvalue weighted by Gasteiger charge is -2.36. The first kappa shape index (κ1) is 22.1. The summed E-state index contributed by atoms with van der Waals surface area (Å²) in [5.41, 5.74) is 2.42. The van der Waals surface area contributed by atoms with E-state index in [1.54, 1.807) is 41.5 Å². The zero-order valence-electron chi connectivity index (χ0n) is 18.1. The van der Waals surface area contributed by atoms with Crippen LogP contribution in [0.4, 0.5) is 23.2 Å². The van der Waals surface area contributed by atoms with Gasteiger partial charge >= 0.3 is 6.18 Å². The summed E-state index contributed by atoms with van der Waals surface area (Å²) in [4.78, 5) is 16.9.